The van der Waals surface area contributed by atoms with Gasteiger partial charge in [0.25, 0.3) is 5.91 Å². The zero-order valence-electron chi connectivity index (χ0n) is 12.8. The van der Waals surface area contributed by atoms with E-state index in [1.807, 2.05) is 6.92 Å². The maximum Gasteiger partial charge on any atom is 0.271 e. The molecule has 1 rings (SSSR count). The van der Waals surface area contributed by atoms with Crippen molar-refractivity contribution in [2.75, 3.05) is 26.2 Å². The molecule has 0 aliphatic heterocycles. The van der Waals surface area contributed by atoms with Gasteiger partial charge in [-0.1, -0.05) is 13.8 Å². The minimum atomic E-state index is -0.0980. The van der Waals surface area contributed by atoms with Crippen LogP contribution in [-0.2, 0) is 6.42 Å². The Morgan fingerprint density at radius 3 is 2.57 bits per heavy atom. The summed E-state index contributed by atoms with van der Waals surface area (Å²) in [5.41, 5.74) is 5.97. The molecule has 0 aromatic carbocycles. The number of likely N-dealkylation sites (N-methyl/N-ethyl adjacent to an activating group) is 1. The molecule has 5 nitrogen and oxygen atoms in total. The van der Waals surface area contributed by atoms with Gasteiger partial charge in [0.05, 0.1) is 5.01 Å². The number of nitrogens with two attached hydrogens (primary N) is 1. The molecule has 21 heavy (non-hydrogen) atoms. The number of thiazole rings is 1. The number of halogens is 2. The van der Waals surface area contributed by atoms with E-state index in [-0.39, 0.29) is 36.8 Å². The second-order valence-electron chi connectivity index (χ2n) is 4.53. The van der Waals surface area contributed by atoms with E-state index in [2.05, 4.69) is 29.0 Å². The number of amides is 1. The Labute approximate surface area is 143 Å². The average molecular weight is 357 g/mol. The molecule has 124 valence electrons. The topological polar surface area (TPSA) is 71.2 Å². The molecular formula is C13H26Cl2N4OS. The number of nitrogens with zero attached hydrogens (tertiary/aromatic N) is 2. The van der Waals surface area contributed by atoms with Gasteiger partial charge in [-0.15, -0.1) is 36.2 Å². The number of carbonyl (C=O) groups is 1. The van der Waals surface area contributed by atoms with E-state index in [9.17, 15) is 4.79 Å². The SMILES string of the molecule is CCN(CC)CC(C)NC(=O)c1csc(CCN)n1.Cl.Cl. The molecule has 0 aliphatic carbocycles. The normalized spacial score (nSPS) is 11.5. The number of hydrogen-bond donors (Lipinski definition) is 2. The minimum absolute atomic E-state index is 0. The van der Waals surface area contributed by atoms with Crippen molar-refractivity contribution < 1.29 is 4.79 Å². The summed E-state index contributed by atoms with van der Waals surface area (Å²) in [6, 6.07) is 0.118. The molecule has 0 radical (unpaired) electrons. The van der Waals surface area contributed by atoms with Crippen molar-refractivity contribution in [2.45, 2.75) is 33.2 Å². The van der Waals surface area contributed by atoms with Gasteiger partial charge in [0.15, 0.2) is 0 Å². The fourth-order valence-corrected chi connectivity index (χ4v) is 2.66. The van der Waals surface area contributed by atoms with Gasteiger partial charge < -0.3 is 16.0 Å². The lowest BCUT2D eigenvalue weighted by molar-refractivity contribution is 0.0926. The molecular weight excluding hydrogens is 331 g/mol. The summed E-state index contributed by atoms with van der Waals surface area (Å²) in [7, 11) is 0. The Kier molecular flexibility index (Phi) is 13.3. The maximum atomic E-state index is 12.0. The Hall–Kier alpha value is -0.400. The first-order chi connectivity index (χ1) is 9.10. The minimum Gasteiger partial charge on any atom is -0.347 e. The van der Waals surface area contributed by atoms with Gasteiger partial charge in [-0.3, -0.25) is 4.79 Å². The second-order valence-corrected chi connectivity index (χ2v) is 5.47. The molecule has 1 unspecified atom stereocenters. The lowest BCUT2D eigenvalue weighted by Gasteiger charge is -2.23. The lowest BCUT2D eigenvalue weighted by Crippen LogP contribution is -2.42. The highest BCUT2D eigenvalue weighted by molar-refractivity contribution is 7.09. The largest absolute Gasteiger partial charge is 0.347 e. The highest BCUT2D eigenvalue weighted by Gasteiger charge is 2.14. The van der Waals surface area contributed by atoms with Crippen LogP contribution >= 0.6 is 36.2 Å². The van der Waals surface area contributed by atoms with Crippen molar-refractivity contribution in [3.05, 3.63) is 16.1 Å². The van der Waals surface area contributed by atoms with Gasteiger partial charge in [-0.05, 0) is 26.6 Å². The molecule has 0 fully saturated rings. The standard InChI is InChI=1S/C13H24N4OS.2ClH/c1-4-17(5-2)8-10(3)15-13(18)11-9-19-12(16-11)6-7-14;;/h9-10H,4-8,14H2,1-3H3,(H,15,18);2*1H. The maximum absolute atomic E-state index is 12.0. The summed E-state index contributed by atoms with van der Waals surface area (Å²) < 4.78 is 0. The van der Waals surface area contributed by atoms with Gasteiger partial charge in [-0.2, -0.15) is 0 Å². The Balaban J connectivity index is 0. The highest BCUT2D eigenvalue weighted by Crippen LogP contribution is 2.10. The summed E-state index contributed by atoms with van der Waals surface area (Å²) >= 11 is 1.49. The van der Waals surface area contributed by atoms with Crippen molar-refractivity contribution in [1.29, 1.82) is 0 Å². The fraction of sp³-hybridized carbons (Fsp3) is 0.692. The zero-order chi connectivity index (χ0) is 14.3. The lowest BCUT2D eigenvalue weighted by atomic mass is 10.3. The van der Waals surface area contributed by atoms with Crippen molar-refractivity contribution in [2.24, 2.45) is 5.73 Å². The fourth-order valence-electron chi connectivity index (χ4n) is 1.87. The van der Waals surface area contributed by atoms with E-state index < -0.39 is 0 Å². The number of nitrogens with one attached hydrogen (secondary N) is 1. The average Bonchev–Trinajstić information content (AvgIpc) is 2.85. The first-order valence-corrected chi connectivity index (χ1v) is 7.66. The summed E-state index contributed by atoms with van der Waals surface area (Å²) in [4.78, 5) is 18.6. The number of rotatable bonds is 8. The monoisotopic (exact) mass is 356 g/mol. The van der Waals surface area contributed by atoms with E-state index in [1.54, 1.807) is 5.38 Å². The molecule has 0 saturated carbocycles. The van der Waals surface area contributed by atoms with Crippen LogP contribution in [0.5, 0.6) is 0 Å². The van der Waals surface area contributed by atoms with E-state index in [0.717, 1.165) is 31.1 Å². The van der Waals surface area contributed by atoms with Gasteiger partial charge in [0.1, 0.15) is 5.69 Å². The van der Waals surface area contributed by atoms with Crippen LogP contribution in [0.2, 0.25) is 0 Å². The molecule has 1 aromatic rings. The van der Waals surface area contributed by atoms with Crippen LogP contribution in [0.15, 0.2) is 5.38 Å². The molecule has 0 aliphatic rings. The van der Waals surface area contributed by atoms with Crippen LogP contribution in [0.4, 0.5) is 0 Å². The Morgan fingerprint density at radius 1 is 1.43 bits per heavy atom. The molecule has 8 heteroatoms. The van der Waals surface area contributed by atoms with Crippen LogP contribution in [0, 0.1) is 0 Å². The van der Waals surface area contributed by atoms with Gasteiger partial charge in [0.2, 0.25) is 0 Å². The molecule has 0 spiro atoms. The number of hydrogen-bond acceptors (Lipinski definition) is 5. The molecule has 1 amide bonds. The summed E-state index contributed by atoms with van der Waals surface area (Å²) in [6.45, 7) is 9.67. The molecule has 3 N–H and O–H groups in total. The van der Waals surface area contributed by atoms with Gasteiger partial charge in [0, 0.05) is 24.4 Å². The molecule has 1 atom stereocenters. The summed E-state index contributed by atoms with van der Waals surface area (Å²) in [5, 5.41) is 5.70. The van der Waals surface area contributed by atoms with Gasteiger partial charge in [-0.25, -0.2) is 4.98 Å². The quantitative estimate of drug-likeness (QED) is 0.746. The third-order valence-corrected chi connectivity index (χ3v) is 3.86. The highest BCUT2D eigenvalue weighted by atomic mass is 35.5. The van der Waals surface area contributed by atoms with Crippen molar-refractivity contribution >= 4 is 42.1 Å². The third kappa shape index (κ3) is 7.97. The van der Waals surface area contributed by atoms with Gasteiger partial charge >= 0.3 is 0 Å². The van der Waals surface area contributed by atoms with Crippen molar-refractivity contribution in [1.82, 2.24) is 15.2 Å². The molecule has 1 aromatic heterocycles. The van der Waals surface area contributed by atoms with Crippen LogP contribution in [0.25, 0.3) is 0 Å². The molecule has 1 heterocycles. The van der Waals surface area contributed by atoms with E-state index in [4.69, 9.17) is 5.73 Å². The molecule has 0 bridgehead atoms. The van der Waals surface area contributed by atoms with Crippen LogP contribution < -0.4 is 11.1 Å². The van der Waals surface area contributed by atoms with Crippen LogP contribution in [0.1, 0.15) is 36.3 Å². The summed E-state index contributed by atoms with van der Waals surface area (Å²) in [6.07, 6.45) is 0.729. The van der Waals surface area contributed by atoms with Crippen LogP contribution in [-0.4, -0.2) is 48.0 Å². The van der Waals surface area contributed by atoms with Crippen molar-refractivity contribution in [3.63, 3.8) is 0 Å². The smallest absolute Gasteiger partial charge is 0.271 e. The van der Waals surface area contributed by atoms with Crippen molar-refractivity contribution in [3.8, 4) is 0 Å². The van der Waals surface area contributed by atoms with E-state index in [1.165, 1.54) is 11.3 Å². The van der Waals surface area contributed by atoms with E-state index >= 15 is 0 Å². The predicted octanol–water partition coefficient (Wildman–Crippen LogP) is 1.95. The number of aromatic nitrogens is 1. The second kappa shape index (κ2) is 12.2. The zero-order valence-corrected chi connectivity index (χ0v) is 15.2. The van der Waals surface area contributed by atoms with E-state index in [0.29, 0.717) is 12.2 Å². The predicted molar refractivity (Wildman–Crippen MR) is 94.1 cm³/mol. The number of carbonyl (C=O) groups excluding carboxylic acids is 1. The Bertz CT molecular complexity index is 399. The Morgan fingerprint density at radius 2 is 2.05 bits per heavy atom. The third-order valence-electron chi connectivity index (χ3n) is 2.95. The van der Waals surface area contributed by atoms with Crippen LogP contribution in [0.3, 0.4) is 0 Å². The first-order valence-electron chi connectivity index (χ1n) is 6.78. The molecule has 0 saturated heterocycles. The first kappa shape index (κ1) is 22.9. The summed E-state index contributed by atoms with van der Waals surface area (Å²) in [5.74, 6) is -0.0980.